The first-order valence-electron chi connectivity index (χ1n) is 10.2. The van der Waals surface area contributed by atoms with Gasteiger partial charge in [0.2, 0.25) is 5.91 Å². The first-order valence-corrected chi connectivity index (χ1v) is 10.2. The second kappa shape index (κ2) is 8.55. The lowest BCUT2D eigenvalue weighted by Gasteiger charge is -2.09. The van der Waals surface area contributed by atoms with Crippen LogP contribution in [0, 0.1) is 20.8 Å². The molecular formula is C24H25N5O2. The topological polar surface area (TPSA) is 81.8 Å². The molecule has 3 aromatic heterocycles. The predicted octanol–water partition coefficient (Wildman–Crippen LogP) is 2.88. The van der Waals surface area contributed by atoms with E-state index in [0.29, 0.717) is 18.5 Å². The summed E-state index contributed by atoms with van der Waals surface area (Å²) in [6.07, 6.45) is 5.05. The summed E-state index contributed by atoms with van der Waals surface area (Å²) in [6.45, 7) is 6.90. The molecule has 7 heteroatoms. The van der Waals surface area contributed by atoms with Crippen LogP contribution in [-0.2, 0) is 24.4 Å². The quantitative estimate of drug-likeness (QED) is 0.525. The Morgan fingerprint density at radius 2 is 1.77 bits per heavy atom. The van der Waals surface area contributed by atoms with Crippen molar-refractivity contribution in [2.75, 3.05) is 0 Å². The fraction of sp³-hybridized carbons (Fsp3) is 0.250. The Balaban J connectivity index is 1.58. The van der Waals surface area contributed by atoms with Gasteiger partial charge in [-0.1, -0.05) is 35.9 Å². The highest BCUT2D eigenvalue weighted by atomic mass is 16.2. The summed E-state index contributed by atoms with van der Waals surface area (Å²) in [6, 6.07) is 12.1. The van der Waals surface area contributed by atoms with E-state index in [4.69, 9.17) is 0 Å². The molecule has 0 spiro atoms. The molecule has 0 aliphatic heterocycles. The van der Waals surface area contributed by atoms with Gasteiger partial charge < -0.3 is 9.88 Å². The van der Waals surface area contributed by atoms with Crippen molar-refractivity contribution in [1.29, 1.82) is 0 Å². The normalized spacial score (nSPS) is 11.1. The zero-order valence-electron chi connectivity index (χ0n) is 17.9. The number of fused-ring (bicyclic) bond motifs is 1. The molecule has 4 rings (SSSR count). The molecule has 0 saturated heterocycles. The molecule has 3 heterocycles. The maximum absolute atomic E-state index is 13.1. The van der Waals surface area contributed by atoms with Crippen molar-refractivity contribution in [1.82, 2.24) is 24.6 Å². The molecule has 158 valence electrons. The maximum Gasteiger partial charge on any atom is 0.276 e. The van der Waals surface area contributed by atoms with Crippen molar-refractivity contribution >= 4 is 16.7 Å². The van der Waals surface area contributed by atoms with Crippen molar-refractivity contribution in [3.8, 4) is 0 Å². The molecule has 0 unspecified atom stereocenters. The Morgan fingerprint density at radius 1 is 1.00 bits per heavy atom. The Hall–Kier alpha value is -3.74. The largest absolute Gasteiger partial charge is 0.350 e. The number of nitrogens with one attached hydrogen (secondary N) is 1. The number of aryl methyl sites for hydroxylation is 3. The Kier molecular flexibility index (Phi) is 5.66. The number of amides is 1. The minimum absolute atomic E-state index is 0.128. The summed E-state index contributed by atoms with van der Waals surface area (Å²) in [7, 11) is 0. The van der Waals surface area contributed by atoms with Crippen LogP contribution in [0.15, 0.2) is 59.8 Å². The number of carbonyl (C=O) groups excluding carboxylic acids is 1. The third-order valence-corrected chi connectivity index (χ3v) is 5.57. The molecule has 0 aliphatic carbocycles. The standard InChI is InChI=1S/C24H25N5O2/c1-16-6-8-19(9-7-16)14-28-17(2)21-13-27-29(24(31)23(21)18(28)3)15-22(30)26-12-20-5-4-10-25-11-20/h4-11,13H,12,14-15H2,1-3H3,(H,26,30). The van der Waals surface area contributed by atoms with E-state index in [0.717, 1.165) is 22.3 Å². The number of rotatable bonds is 6. The summed E-state index contributed by atoms with van der Waals surface area (Å²) in [5, 5.41) is 8.49. The van der Waals surface area contributed by atoms with Gasteiger partial charge in [0, 0.05) is 42.3 Å². The van der Waals surface area contributed by atoms with Crippen molar-refractivity contribution in [2.24, 2.45) is 0 Å². The lowest BCUT2D eigenvalue weighted by molar-refractivity contribution is -0.122. The van der Waals surface area contributed by atoms with Crippen molar-refractivity contribution in [2.45, 2.75) is 40.4 Å². The second-order valence-corrected chi connectivity index (χ2v) is 7.78. The molecule has 31 heavy (non-hydrogen) atoms. The number of nitrogens with zero attached hydrogens (tertiary/aromatic N) is 4. The Morgan fingerprint density at radius 3 is 2.48 bits per heavy atom. The molecular weight excluding hydrogens is 390 g/mol. The molecule has 1 amide bonds. The molecule has 0 bridgehead atoms. The van der Waals surface area contributed by atoms with Gasteiger partial charge in [0.1, 0.15) is 6.54 Å². The van der Waals surface area contributed by atoms with Crippen LogP contribution in [0.5, 0.6) is 0 Å². The van der Waals surface area contributed by atoms with Crippen LogP contribution in [0.3, 0.4) is 0 Å². The van der Waals surface area contributed by atoms with Gasteiger partial charge in [-0.05, 0) is 38.0 Å². The van der Waals surface area contributed by atoms with Crippen LogP contribution in [0.4, 0.5) is 0 Å². The van der Waals surface area contributed by atoms with Crippen molar-refractivity contribution in [3.63, 3.8) is 0 Å². The molecule has 7 nitrogen and oxygen atoms in total. The first-order chi connectivity index (χ1) is 14.9. The minimum Gasteiger partial charge on any atom is -0.350 e. The van der Waals surface area contributed by atoms with Crippen LogP contribution in [0.25, 0.3) is 10.8 Å². The van der Waals surface area contributed by atoms with E-state index in [1.807, 2.05) is 26.0 Å². The third kappa shape index (κ3) is 4.26. The number of hydrogen-bond donors (Lipinski definition) is 1. The van der Waals surface area contributed by atoms with Gasteiger partial charge in [0.25, 0.3) is 5.56 Å². The molecule has 0 aliphatic rings. The van der Waals surface area contributed by atoms with Gasteiger partial charge in [-0.15, -0.1) is 0 Å². The number of benzene rings is 1. The number of pyridine rings is 1. The summed E-state index contributed by atoms with van der Waals surface area (Å²) in [5.74, 6) is -0.272. The van der Waals surface area contributed by atoms with Gasteiger partial charge in [-0.25, -0.2) is 4.68 Å². The molecule has 0 fully saturated rings. The van der Waals surface area contributed by atoms with Crippen molar-refractivity contribution in [3.05, 3.63) is 93.4 Å². The SMILES string of the molecule is Cc1ccc(Cn2c(C)c3cnn(CC(=O)NCc4cccnc4)c(=O)c3c2C)cc1. The molecule has 0 atom stereocenters. The molecule has 1 aromatic carbocycles. The van der Waals surface area contributed by atoms with Gasteiger partial charge >= 0.3 is 0 Å². The summed E-state index contributed by atoms with van der Waals surface area (Å²) >= 11 is 0. The monoisotopic (exact) mass is 415 g/mol. The van der Waals surface area contributed by atoms with Crippen LogP contribution in [-0.4, -0.2) is 25.2 Å². The number of aromatic nitrogens is 4. The predicted molar refractivity (Wildman–Crippen MR) is 120 cm³/mol. The lowest BCUT2D eigenvalue weighted by Crippen LogP contribution is -2.33. The van der Waals surface area contributed by atoms with E-state index in [1.165, 1.54) is 15.8 Å². The molecule has 1 N–H and O–H groups in total. The van der Waals surface area contributed by atoms with Gasteiger partial charge in [-0.3, -0.25) is 14.6 Å². The second-order valence-electron chi connectivity index (χ2n) is 7.78. The number of carbonyl (C=O) groups is 1. The first kappa shape index (κ1) is 20.5. The van der Waals surface area contributed by atoms with Gasteiger partial charge in [0.15, 0.2) is 0 Å². The van der Waals surface area contributed by atoms with Crippen LogP contribution in [0.2, 0.25) is 0 Å². The Bertz CT molecular complexity index is 1290. The highest BCUT2D eigenvalue weighted by molar-refractivity contribution is 5.87. The minimum atomic E-state index is -0.272. The zero-order chi connectivity index (χ0) is 22.0. The highest BCUT2D eigenvalue weighted by Gasteiger charge is 2.17. The average Bonchev–Trinajstić information content (AvgIpc) is 3.01. The number of hydrogen-bond acceptors (Lipinski definition) is 4. The van der Waals surface area contributed by atoms with E-state index in [-0.39, 0.29) is 18.0 Å². The fourth-order valence-electron chi connectivity index (χ4n) is 3.77. The lowest BCUT2D eigenvalue weighted by atomic mass is 10.1. The summed E-state index contributed by atoms with van der Waals surface area (Å²) in [4.78, 5) is 29.5. The smallest absolute Gasteiger partial charge is 0.276 e. The average molecular weight is 415 g/mol. The third-order valence-electron chi connectivity index (χ3n) is 5.57. The van der Waals surface area contributed by atoms with Gasteiger partial charge in [-0.2, -0.15) is 5.10 Å². The molecule has 4 aromatic rings. The van der Waals surface area contributed by atoms with Crippen LogP contribution < -0.4 is 10.9 Å². The van der Waals surface area contributed by atoms with Crippen molar-refractivity contribution < 1.29 is 4.79 Å². The Labute approximate surface area is 180 Å². The van der Waals surface area contributed by atoms with E-state index in [9.17, 15) is 9.59 Å². The molecule has 0 saturated carbocycles. The fourth-order valence-corrected chi connectivity index (χ4v) is 3.77. The van der Waals surface area contributed by atoms with E-state index >= 15 is 0 Å². The van der Waals surface area contributed by atoms with Crippen LogP contribution in [0.1, 0.15) is 28.1 Å². The maximum atomic E-state index is 13.1. The molecule has 0 radical (unpaired) electrons. The van der Waals surface area contributed by atoms with E-state index < -0.39 is 0 Å². The summed E-state index contributed by atoms with van der Waals surface area (Å²) < 4.78 is 3.36. The van der Waals surface area contributed by atoms with E-state index in [1.54, 1.807) is 18.6 Å². The summed E-state index contributed by atoms with van der Waals surface area (Å²) in [5.41, 5.74) is 4.89. The zero-order valence-corrected chi connectivity index (χ0v) is 17.9. The van der Waals surface area contributed by atoms with E-state index in [2.05, 4.69) is 51.2 Å². The van der Waals surface area contributed by atoms with Gasteiger partial charge in [0.05, 0.1) is 11.6 Å². The van der Waals surface area contributed by atoms with Crippen LogP contribution >= 0.6 is 0 Å². The highest BCUT2D eigenvalue weighted by Crippen LogP contribution is 2.23.